The van der Waals surface area contributed by atoms with Crippen molar-refractivity contribution in [3.05, 3.63) is 29.8 Å². The highest BCUT2D eigenvalue weighted by molar-refractivity contribution is 5.93. The first kappa shape index (κ1) is 13.4. The summed E-state index contributed by atoms with van der Waals surface area (Å²) in [7, 11) is 1.58. The molecule has 0 atom stereocenters. The van der Waals surface area contributed by atoms with Crippen molar-refractivity contribution >= 4 is 11.9 Å². The molecular formula is C14H17NO4. The summed E-state index contributed by atoms with van der Waals surface area (Å²) in [5.74, 6) is -0.701. The first-order valence-electron chi connectivity index (χ1n) is 6.25. The van der Waals surface area contributed by atoms with E-state index >= 15 is 0 Å². The molecule has 0 radical (unpaired) electrons. The SMILES string of the molecule is COc1ccccc1CN(C(=O)CC(=O)O)C1CC1. The highest BCUT2D eigenvalue weighted by Crippen LogP contribution is 2.30. The molecule has 102 valence electrons. The van der Waals surface area contributed by atoms with Gasteiger partial charge in [0.15, 0.2) is 0 Å². The number of benzene rings is 1. The van der Waals surface area contributed by atoms with Gasteiger partial charge < -0.3 is 14.7 Å². The van der Waals surface area contributed by atoms with E-state index in [9.17, 15) is 9.59 Å². The zero-order valence-corrected chi connectivity index (χ0v) is 10.8. The zero-order valence-electron chi connectivity index (χ0n) is 10.8. The molecule has 0 saturated heterocycles. The summed E-state index contributed by atoms with van der Waals surface area (Å²) in [6, 6.07) is 7.65. The number of nitrogens with zero attached hydrogens (tertiary/aromatic N) is 1. The van der Waals surface area contributed by atoms with Gasteiger partial charge in [-0.3, -0.25) is 9.59 Å². The zero-order chi connectivity index (χ0) is 13.8. The smallest absolute Gasteiger partial charge is 0.312 e. The number of para-hydroxylation sites is 1. The van der Waals surface area contributed by atoms with Gasteiger partial charge in [0.25, 0.3) is 0 Å². The molecule has 0 aliphatic heterocycles. The quantitative estimate of drug-likeness (QED) is 0.793. The number of hydrogen-bond acceptors (Lipinski definition) is 3. The van der Waals surface area contributed by atoms with Gasteiger partial charge in [0, 0.05) is 18.2 Å². The molecule has 0 bridgehead atoms. The van der Waals surface area contributed by atoms with Crippen LogP contribution in [0.25, 0.3) is 0 Å². The number of aliphatic carboxylic acids is 1. The van der Waals surface area contributed by atoms with Crippen LogP contribution in [0.2, 0.25) is 0 Å². The number of amides is 1. The Morgan fingerprint density at radius 3 is 2.63 bits per heavy atom. The van der Waals surface area contributed by atoms with Crippen molar-refractivity contribution in [1.29, 1.82) is 0 Å². The fourth-order valence-electron chi connectivity index (χ4n) is 2.06. The molecule has 0 heterocycles. The average Bonchev–Trinajstić information content (AvgIpc) is 3.19. The van der Waals surface area contributed by atoms with Crippen LogP contribution >= 0.6 is 0 Å². The second-order valence-corrected chi connectivity index (χ2v) is 4.64. The van der Waals surface area contributed by atoms with Crippen LogP contribution in [0.1, 0.15) is 24.8 Å². The highest BCUT2D eigenvalue weighted by atomic mass is 16.5. The lowest BCUT2D eigenvalue weighted by Crippen LogP contribution is -2.34. The Hall–Kier alpha value is -2.04. The van der Waals surface area contributed by atoms with E-state index in [0.29, 0.717) is 6.54 Å². The van der Waals surface area contributed by atoms with E-state index in [1.807, 2.05) is 24.3 Å². The van der Waals surface area contributed by atoms with Crippen molar-refractivity contribution < 1.29 is 19.4 Å². The van der Waals surface area contributed by atoms with Crippen LogP contribution in [0.4, 0.5) is 0 Å². The molecule has 5 heteroatoms. The topological polar surface area (TPSA) is 66.8 Å². The van der Waals surface area contributed by atoms with Crippen LogP contribution < -0.4 is 4.74 Å². The summed E-state index contributed by atoms with van der Waals surface area (Å²) in [6.45, 7) is 0.404. The molecule has 1 aliphatic rings. The van der Waals surface area contributed by atoms with Gasteiger partial charge in [0.1, 0.15) is 12.2 Å². The van der Waals surface area contributed by atoms with Crippen LogP contribution in [-0.4, -0.2) is 35.0 Å². The number of carbonyl (C=O) groups is 2. The molecule has 2 rings (SSSR count). The normalized spacial score (nSPS) is 13.9. The van der Waals surface area contributed by atoms with E-state index in [-0.39, 0.29) is 11.9 Å². The lowest BCUT2D eigenvalue weighted by atomic mass is 10.1. The third kappa shape index (κ3) is 3.47. The van der Waals surface area contributed by atoms with Gasteiger partial charge in [-0.2, -0.15) is 0 Å². The summed E-state index contributed by atoms with van der Waals surface area (Å²) in [5, 5.41) is 8.73. The fourth-order valence-corrected chi connectivity index (χ4v) is 2.06. The summed E-state index contributed by atoms with van der Waals surface area (Å²) in [5.41, 5.74) is 0.899. The molecular weight excluding hydrogens is 246 g/mol. The Kier molecular flexibility index (Phi) is 4.04. The van der Waals surface area contributed by atoms with Crippen molar-refractivity contribution in [2.24, 2.45) is 0 Å². The standard InChI is InChI=1S/C14H17NO4/c1-19-12-5-3-2-4-10(12)9-15(11-6-7-11)13(16)8-14(17)18/h2-5,11H,6-9H2,1H3,(H,17,18). The van der Waals surface area contributed by atoms with E-state index in [1.165, 1.54) is 0 Å². The minimum atomic E-state index is -1.09. The van der Waals surface area contributed by atoms with Gasteiger partial charge in [-0.25, -0.2) is 0 Å². The number of methoxy groups -OCH3 is 1. The molecule has 0 aromatic heterocycles. The number of rotatable bonds is 6. The van der Waals surface area contributed by atoms with Gasteiger partial charge in [0.05, 0.1) is 7.11 Å². The number of carbonyl (C=O) groups excluding carboxylic acids is 1. The summed E-state index contributed by atoms with van der Waals surface area (Å²) >= 11 is 0. The maximum absolute atomic E-state index is 11.9. The molecule has 1 amide bonds. The number of carboxylic acid groups (broad SMARTS) is 1. The first-order chi connectivity index (χ1) is 9.11. The second-order valence-electron chi connectivity index (χ2n) is 4.64. The average molecular weight is 263 g/mol. The predicted octanol–water partition coefficient (Wildman–Crippen LogP) is 1.66. The van der Waals surface area contributed by atoms with E-state index < -0.39 is 12.4 Å². The molecule has 1 saturated carbocycles. The number of ether oxygens (including phenoxy) is 1. The number of carboxylic acids is 1. The van der Waals surface area contributed by atoms with Crippen LogP contribution in [0.3, 0.4) is 0 Å². The van der Waals surface area contributed by atoms with Crippen LogP contribution in [-0.2, 0) is 16.1 Å². The van der Waals surface area contributed by atoms with Crippen LogP contribution in [0, 0.1) is 0 Å². The Bertz CT molecular complexity index is 482. The largest absolute Gasteiger partial charge is 0.496 e. The Labute approximate surface area is 111 Å². The Morgan fingerprint density at radius 2 is 2.05 bits per heavy atom. The summed E-state index contributed by atoms with van der Waals surface area (Å²) in [4.78, 5) is 24.2. The predicted molar refractivity (Wildman–Crippen MR) is 68.8 cm³/mol. The Balaban J connectivity index is 2.12. The van der Waals surface area contributed by atoms with E-state index in [4.69, 9.17) is 9.84 Å². The van der Waals surface area contributed by atoms with Crippen molar-refractivity contribution in [3.63, 3.8) is 0 Å². The second kappa shape index (κ2) is 5.73. The van der Waals surface area contributed by atoms with Crippen LogP contribution in [0.5, 0.6) is 5.75 Å². The molecule has 0 unspecified atom stereocenters. The fraction of sp³-hybridized carbons (Fsp3) is 0.429. The monoisotopic (exact) mass is 263 g/mol. The molecule has 1 aliphatic carbocycles. The lowest BCUT2D eigenvalue weighted by molar-refractivity contribution is -0.144. The maximum Gasteiger partial charge on any atom is 0.312 e. The molecule has 1 aromatic rings. The van der Waals surface area contributed by atoms with E-state index in [1.54, 1.807) is 12.0 Å². The number of hydrogen-bond donors (Lipinski definition) is 1. The molecule has 1 N–H and O–H groups in total. The van der Waals surface area contributed by atoms with Crippen molar-refractivity contribution in [2.45, 2.75) is 31.8 Å². The third-order valence-electron chi connectivity index (χ3n) is 3.14. The third-order valence-corrected chi connectivity index (χ3v) is 3.14. The maximum atomic E-state index is 11.9. The van der Waals surface area contributed by atoms with Gasteiger partial charge in [-0.15, -0.1) is 0 Å². The summed E-state index contributed by atoms with van der Waals surface area (Å²) < 4.78 is 5.25. The van der Waals surface area contributed by atoms with Gasteiger partial charge in [0.2, 0.25) is 5.91 Å². The van der Waals surface area contributed by atoms with E-state index in [0.717, 1.165) is 24.2 Å². The Morgan fingerprint density at radius 1 is 1.37 bits per heavy atom. The van der Waals surface area contributed by atoms with E-state index in [2.05, 4.69) is 0 Å². The highest BCUT2D eigenvalue weighted by Gasteiger charge is 2.33. The van der Waals surface area contributed by atoms with Gasteiger partial charge in [-0.1, -0.05) is 18.2 Å². The van der Waals surface area contributed by atoms with Crippen molar-refractivity contribution in [1.82, 2.24) is 4.90 Å². The minimum absolute atomic E-state index is 0.178. The molecule has 5 nitrogen and oxygen atoms in total. The minimum Gasteiger partial charge on any atom is -0.496 e. The van der Waals surface area contributed by atoms with Crippen LogP contribution in [0.15, 0.2) is 24.3 Å². The molecule has 1 fully saturated rings. The summed E-state index contributed by atoms with van der Waals surface area (Å²) in [6.07, 6.45) is 1.44. The first-order valence-corrected chi connectivity index (χ1v) is 6.25. The van der Waals surface area contributed by atoms with Gasteiger partial charge in [-0.05, 0) is 18.9 Å². The molecule has 19 heavy (non-hydrogen) atoms. The van der Waals surface area contributed by atoms with Crippen molar-refractivity contribution in [3.8, 4) is 5.75 Å². The lowest BCUT2D eigenvalue weighted by Gasteiger charge is -2.22. The van der Waals surface area contributed by atoms with Gasteiger partial charge >= 0.3 is 5.97 Å². The van der Waals surface area contributed by atoms with Crippen molar-refractivity contribution in [2.75, 3.05) is 7.11 Å². The molecule has 1 aromatic carbocycles. The molecule has 0 spiro atoms.